The van der Waals surface area contributed by atoms with E-state index in [0.717, 1.165) is 37.0 Å². The van der Waals surface area contributed by atoms with Crippen LogP contribution in [0.1, 0.15) is 38.2 Å². The Kier molecular flexibility index (Phi) is 4.92. The molecule has 1 N–H and O–H groups in total. The summed E-state index contributed by atoms with van der Waals surface area (Å²) in [6.07, 6.45) is 4.24. The zero-order valence-electron chi connectivity index (χ0n) is 14.2. The van der Waals surface area contributed by atoms with Gasteiger partial charge in [0.05, 0.1) is 0 Å². The first-order chi connectivity index (χ1) is 11.5. The summed E-state index contributed by atoms with van der Waals surface area (Å²) < 4.78 is 10.7. The van der Waals surface area contributed by atoms with Gasteiger partial charge in [-0.05, 0) is 36.5 Å². The lowest BCUT2D eigenvalue weighted by molar-refractivity contribution is -0.137. The van der Waals surface area contributed by atoms with Gasteiger partial charge in [-0.3, -0.25) is 9.59 Å². The molecule has 2 aliphatic rings. The fraction of sp³-hybridized carbons (Fsp3) is 0.556. The van der Waals surface area contributed by atoms with Crippen LogP contribution in [0.4, 0.5) is 0 Å². The standard InChI is InChI=1S/C18H24N2O4/c1-12(21)19-17(14-5-3-4-6-14)18(22)20(2)10-13-7-8-15-16(9-13)24-11-23-15/h7-9,14,17H,3-6,10-11H2,1-2H3,(H,19,21). The van der Waals surface area contributed by atoms with Gasteiger partial charge >= 0.3 is 0 Å². The Labute approximate surface area is 142 Å². The average Bonchev–Trinajstić information content (AvgIpc) is 3.22. The zero-order chi connectivity index (χ0) is 17.1. The van der Waals surface area contributed by atoms with Crippen molar-refractivity contribution in [1.29, 1.82) is 0 Å². The maximum Gasteiger partial charge on any atom is 0.245 e. The van der Waals surface area contributed by atoms with Gasteiger partial charge in [-0.1, -0.05) is 18.9 Å². The molecule has 0 bridgehead atoms. The molecule has 1 unspecified atom stereocenters. The van der Waals surface area contributed by atoms with E-state index in [-0.39, 0.29) is 24.5 Å². The van der Waals surface area contributed by atoms with Crippen molar-refractivity contribution >= 4 is 11.8 Å². The number of carbonyl (C=O) groups excluding carboxylic acids is 2. The van der Waals surface area contributed by atoms with Gasteiger partial charge in [0.1, 0.15) is 6.04 Å². The molecule has 1 saturated carbocycles. The zero-order valence-corrected chi connectivity index (χ0v) is 14.2. The molecule has 1 atom stereocenters. The summed E-state index contributed by atoms with van der Waals surface area (Å²) in [5.74, 6) is 1.49. The van der Waals surface area contributed by atoms with Crippen LogP contribution in [-0.4, -0.2) is 36.6 Å². The van der Waals surface area contributed by atoms with Crippen LogP contribution in [0.3, 0.4) is 0 Å². The number of ether oxygens (including phenoxy) is 2. The predicted octanol–water partition coefficient (Wildman–Crippen LogP) is 2.07. The number of hydrogen-bond acceptors (Lipinski definition) is 4. The van der Waals surface area contributed by atoms with Crippen molar-refractivity contribution in [2.45, 2.75) is 45.2 Å². The molecule has 1 aliphatic carbocycles. The molecule has 3 rings (SSSR count). The van der Waals surface area contributed by atoms with Gasteiger partial charge in [0.25, 0.3) is 0 Å². The third kappa shape index (κ3) is 3.63. The van der Waals surface area contributed by atoms with Gasteiger partial charge in [0.15, 0.2) is 11.5 Å². The van der Waals surface area contributed by atoms with Crippen molar-refractivity contribution in [2.24, 2.45) is 5.92 Å². The van der Waals surface area contributed by atoms with Crippen LogP contribution in [0.5, 0.6) is 11.5 Å². The molecular formula is C18H24N2O4. The lowest BCUT2D eigenvalue weighted by Crippen LogP contribution is -2.50. The third-order valence-electron chi connectivity index (χ3n) is 4.73. The summed E-state index contributed by atoms with van der Waals surface area (Å²) in [6, 6.07) is 5.26. The number of fused-ring (bicyclic) bond motifs is 1. The number of carbonyl (C=O) groups is 2. The van der Waals surface area contributed by atoms with E-state index in [2.05, 4.69) is 5.32 Å². The fourth-order valence-corrected chi connectivity index (χ4v) is 3.52. The molecule has 130 valence electrons. The second-order valence-electron chi connectivity index (χ2n) is 6.60. The number of hydrogen-bond donors (Lipinski definition) is 1. The molecular weight excluding hydrogens is 308 g/mol. The second-order valence-corrected chi connectivity index (χ2v) is 6.60. The Bertz CT molecular complexity index is 625. The number of rotatable bonds is 5. The normalized spacial score (nSPS) is 17.6. The maximum atomic E-state index is 12.9. The number of nitrogens with one attached hydrogen (secondary N) is 1. The average molecular weight is 332 g/mol. The predicted molar refractivity (Wildman–Crippen MR) is 88.6 cm³/mol. The highest BCUT2D eigenvalue weighted by molar-refractivity contribution is 5.87. The minimum absolute atomic E-state index is 0.0326. The third-order valence-corrected chi connectivity index (χ3v) is 4.73. The smallest absolute Gasteiger partial charge is 0.245 e. The fourth-order valence-electron chi connectivity index (χ4n) is 3.52. The van der Waals surface area contributed by atoms with E-state index in [1.807, 2.05) is 18.2 Å². The molecule has 1 aromatic carbocycles. The molecule has 1 aromatic rings. The van der Waals surface area contributed by atoms with Crippen molar-refractivity contribution in [1.82, 2.24) is 10.2 Å². The van der Waals surface area contributed by atoms with Gasteiger partial charge in [0, 0.05) is 20.5 Å². The molecule has 0 saturated heterocycles. The highest BCUT2D eigenvalue weighted by atomic mass is 16.7. The quantitative estimate of drug-likeness (QED) is 0.896. The molecule has 24 heavy (non-hydrogen) atoms. The summed E-state index contributed by atoms with van der Waals surface area (Å²) in [7, 11) is 1.77. The van der Waals surface area contributed by atoms with Crippen molar-refractivity contribution in [3.8, 4) is 11.5 Å². The monoisotopic (exact) mass is 332 g/mol. The topological polar surface area (TPSA) is 67.9 Å². The summed E-state index contributed by atoms with van der Waals surface area (Å²) >= 11 is 0. The van der Waals surface area contributed by atoms with E-state index < -0.39 is 6.04 Å². The van der Waals surface area contributed by atoms with Crippen molar-refractivity contribution < 1.29 is 19.1 Å². The minimum Gasteiger partial charge on any atom is -0.454 e. The van der Waals surface area contributed by atoms with E-state index in [4.69, 9.17) is 9.47 Å². The largest absolute Gasteiger partial charge is 0.454 e. The summed E-state index contributed by atoms with van der Waals surface area (Å²) in [6.45, 7) is 2.17. The second kappa shape index (κ2) is 7.11. The first-order valence-corrected chi connectivity index (χ1v) is 8.45. The Morgan fingerprint density at radius 3 is 2.67 bits per heavy atom. The van der Waals surface area contributed by atoms with Gasteiger partial charge in [0.2, 0.25) is 18.6 Å². The molecule has 6 heteroatoms. The molecule has 0 spiro atoms. The van der Waals surface area contributed by atoms with Crippen LogP contribution in [0, 0.1) is 5.92 Å². The lowest BCUT2D eigenvalue weighted by atomic mass is 9.96. The van der Waals surface area contributed by atoms with E-state index >= 15 is 0 Å². The van der Waals surface area contributed by atoms with Crippen LogP contribution in [0.15, 0.2) is 18.2 Å². The van der Waals surface area contributed by atoms with Gasteiger partial charge in [-0.2, -0.15) is 0 Å². The Balaban J connectivity index is 1.68. The minimum atomic E-state index is -0.427. The number of likely N-dealkylation sites (N-methyl/N-ethyl adjacent to an activating group) is 1. The Hall–Kier alpha value is -2.24. The lowest BCUT2D eigenvalue weighted by Gasteiger charge is -2.28. The molecule has 2 amide bonds. The van der Waals surface area contributed by atoms with Crippen molar-refractivity contribution in [2.75, 3.05) is 13.8 Å². The van der Waals surface area contributed by atoms with Crippen LogP contribution < -0.4 is 14.8 Å². The molecule has 1 heterocycles. The van der Waals surface area contributed by atoms with Gasteiger partial charge in [-0.25, -0.2) is 0 Å². The number of benzene rings is 1. The Morgan fingerprint density at radius 1 is 1.25 bits per heavy atom. The van der Waals surface area contributed by atoms with E-state index in [1.165, 1.54) is 6.92 Å². The molecule has 1 aliphatic heterocycles. The number of nitrogens with zero attached hydrogens (tertiary/aromatic N) is 1. The molecule has 0 radical (unpaired) electrons. The van der Waals surface area contributed by atoms with Crippen LogP contribution in [0.25, 0.3) is 0 Å². The van der Waals surface area contributed by atoms with Crippen LogP contribution >= 0.6 is 0 Å². The molecule has 0 aromatic heterocycles. The number of amides is 2. The van der Waals surface area contributed by atoms with Gasteiger partial charge in [-0.15, -0.1) is 0 Å². The summed E-state index contributed by atoms with van der Waals surface area (Å²) in [5, 5.41) is 2.86. The van der Waals surface area contributed by atoms with Crippen molar-refractivity contribution in [3.05, 3.63) is 23.8 Å². The molecule has 1 fully saturated rings. The van der Waals surface area contributed by atoms with Gasteiger partial charge < -0.3 is 19.7 Å². The molecule has 6 nitrogen and oxygen atoms in total. The Morgan fingerprint density at radius 2 is 1.96 bits per heavy atom. The summed E-state index contributed by atoms with van der Waals surface area (Å²) in [5.41, 5.74) is 0.975. The SMILES string of the molecule is CC(=O)NC(C(=O)N(C)Cc1ccc2c(c1)OCO2)C1CCCC1. The van der Waals surface area contributed by atoms with Crippen molar-refractivity contribution in [3.63, 3.8) is 0 Å². The highest BCUT2D eigenvalue weighted by Gasteiger charge is 2.33. The van der Waals surface area contributed by atoms with Crippen LogP contribution in [0.2, 0.25) is 0 Å². The first kappa shape index (κ1) is 16.6. The first-order valence-electron chi connectivity index (χ1n) is 8.45. The van der Waals surface area contributed by atoms with E-state index in [0.29, 0.717) is 12.3 Å². The van der Waals surface area contributed by atoms with E-state index in [1.54, 1.807) is 11.9 Å². The summed E-state index contributed by atoms with van der Waals surface area (Å²) in [4.78, 5) is 26.0. The van der Waals surface area contributed by atoms with Crippen LogP contribution in [-0.2, 0) is 16.1 Å². The van der Waals surface area contributed by atoms with E-state index in [9.17, 15) is 9.59 Å². The maximum absolute atomic E-state index is 12.9. The highest BCUT2D eigenvalue weighted by Crippen LogP contribution is 2.33.